The molecule has 0 aliphatic rings. The first-order chi connectivity index (χ1) is 10.1. The summed E-state index contributed by atoms with van der Waals surface area (Å²) in [4.78, 5) is 18.4. The van der Waals surface area contributed by atoms with Crippen LogP contribution >= 0.6 is 0 Å². The van der Waals surface area contributed by atoms with Crippen molar-refractivity contribution in [1.29, 1.82) is 0 Å². The summed E-state index contributed by atoms with van der Waals surface area (Å²) in [6.07, 6.45) is -1.37. The minimum Gasteiger partial charge on any atom is -0.481 e. The molecule has 1 heterocycles. The van der Waals surface area contributed by atoms with Crippen LogP contribution in [0.25, 0.3) is 0 Å². The van der Waals surface area contributed by atoms with Gasteiger partial charge in [0.25, 0.3) is 5.69 Å². The molecular formula is C13H13N3O5. The van der Waals surface area contributed by atoms with E-state index in [4.69, 9.17) is 9.47 Å². The highest BCUT2D eigenvalue weighted by atomic mass is 16.6. The fourth-order valence-corrected chi connectivity index (χ4v) is 1.78. The molecule has 8 heteroatoms. The van der Waals surface area contributed by atoms with Gasteiger partial charge >= 0.3 is 0 Å². The second-order valence-corrected chi connectivity index (χ2v) is 4.03. The average Bonchev–Trinajstić information content (AvgIpc) is 2.53. The molecule has 1 aromatic heterocycles. The van der Waals surface area contributed by atoms with Crippen molar-refractivity contribution < 1.29 is 19.5 Å². The lowest BCUT2D eigenvalue weighted by molar-refractivity contribution is -0.386. The van der Waals surface area contributed by atoms with Crippen LogP contribution in [0.4, 0.5) is 5.69 Å². The van der Waals surface area contributed by atoms with Gasteiger partial charge in [-0.3, -0.25) is 10.1 Å². The van der Waals surface area contributed by atoms with E-state index >= 15 is 0 Å². The van der Waals surface area contributed by atoms with Crippen LogP contribution < -0.4 is 9.47 Å². The van der Waals surface area contributed by atoms with E-state index in [1.807, 2.05) is 0 Å². The number of aromatic nitrogens is 2. The number of hydrogen-bond acceptors (Lipinski definition) is 7. The number of rotatable bonds is 5. The van der Waals surface area contributed by atoms with Gasteiger partial charge in [0.1, 0.15) is 6.10 Å². The van der Waals surface area contributed by atoms with E-state index in [9.17, 15) is 15.2 Å². The lowest BCUT2D eigenvalue weighted by Crippen LogP contribution is -2.09. The molecule has 1 N–H and O–H groups in total. The van der Waals surface area contributed by atoms with E-state index < -0.39 is 11.0 Å². The maximum atomic E-state index is 11.0. The van der Waals surface area contributed by atoms with Gasteiger partial charge < -0.3 is 14.6 Å². The van der Waals surface area contributed by atoms with E-state index in [2.05, 4.69) is 9.97 Å². The fraction of sp³-hybridized carbons (Fsp3) is 0.231. The van der Waals surface area contributed by atoms with Gasteiger partial charge in [0.05, 0.1) is 30.8 Å². The molecule has 0 aliphatic carbocycles. The average molecular weight is 291 g/mol. The molecule has 0 spiro atoms. The molecule has 0 amide bonds. The first-order valence-corrected chi connectivity index (χ1v) is 5.95. The van der Waals surface area contributed by atoms with Crippen LogP contribution in [0.1, 0.15) is 17.5 Å². The number of nitro benzene ring substituents is 1. The standard InChI is InChI=1S/C13H13N3O5/c1-20-10-7-11(21-2)15-13(14-10)12(17)8-5-3-4-6-9(8)16(18)19/h3-7,12,17H,1-2H3. The quantitative estimate of drug-likeness (QED) is 0.656. The molecule has 0 saturated carbocycles. The van der Waals surface area contributed by atoms with E-state index in [-0.39, 0.29) is 28.8 Å². The number of aliphatic hydroxyl groups excluding tert-OH is 1. The highest BCUT2D eigenvalue weighted by molar-refractivity contribution is 5.43. The minimum absolute atomic E-state index is 0.0412. The Morgan fingerprint density at radius 1 is 1.19 bits per heavy atom. The topological polar surface area (TPSA) is 108 Å². The van der Waals surface area contributed by atoms with Gasteiger partial charge in [0.15, 0.2) is 5.82 Å². The lowest BCUT2D eigenvalue weighted by atomic mass is 10.1. The third kappa shape index (κ3) is 3.06. The summed E-state index contributed by atoms with van der Waals surface area (Å²) >= 11 is 0. The third-order valence-corrected chi connectivity index (χ3v) is 2.79. The van der Waals surface area contributed by atoms with Gasteiger partial charge in [-0.1, -0.05) is 12.1 Å². The van der Waals surface area contributed by atoms with Crippen LogP contribution in [-0.4, -0.2) is 34.2 Å². The van der Waals surface area contributed by atoms with Crippen LogP contribution in [0.2, 0.25) is 0 Å². The van der Waals surface area contributed by atoms with Crippen molar-refractivity contribution in [3.05, 3.63) is 51.8 Å². The highest BCUT2D eigenvalue weighted by Gasteiger charge is 2.24. The SMILES string of the molecule is COc1cc(OC)nc(C(O)c2ccccc2[N+](=O)[O-])n1. The lowest BCUT2D eigenvalue weighted by Gasteiger charge is -2.12. The number of methoxy groups -OCH3 is 2. The van der Waals surface area contributed by atoms with Crippen molar-refractivity contribution in [1.82, 2.24) is 9.97 Å². The number of nitrogens with zero attached hydrogens (tertiary/aromatic N) is 3. The molecule has 2 rings (SSSR count). The van der Waals surface area contributed by atoms with Crippen LogP contribution in [0.15, 0.2) is 30.3 Å². The van der Waals surface area contributed by atoms with Gasteiger partial charge in [-0.15, -0.1) is 0 Å². The molecule has 1 atom stereocenters. The van der Waals surface area contributed by atoms with Gasteiger partial charge in [0, 0.05) is 6.07 Å². The predicted molar refractivity (Wildman–Crippen MR) is 72.3 cm³/mol. The van der Waals surface area contributed by atoms with Crippen molar-refractivity contribution in [3.63, 3.8) is 0 Å². The largest absolute Gasteiger partial charge is 0.481 e. The zero-order valence-electron chi connectivity index (χ0n) is 11.4. The molecule has 2 aromatic rings. The third-order valence-electron chi connectivity index (χ3n) is 2.79. The second-order valence-electron chi connectivity index (χ2n) is 4.03. The zero-order valence-corrected chi connectivity index (χ0v) is 11.4. The van der Waals surface area contributed by atoms with Gasteiger partial charge in [-0.25, -0.2) is 0 Å². The number of hydrogen-bond donors (Lipinski definition) is 1. The monoisotopic (exact) mass is 291 g/mol. The molecule has 0 fully saturated rings. The number of aliphatic hydroxyl groups is 1. The molecule has 0 radical (unpaired) electrons. The molecule has 0 aliphatic heterocycles. The van der Waals surface area contributed by atoms with E-state index in [0.717, 1.165) is 0 Å². The summed E-state index contributed by atoms with van der Waals surface area (Å²) in [5.41, 5.74) is -0.117. The van der Waals surface area contributed by atoms with Crippen molar-refractivity contribution in [2.24, 2.45) is 0 Å². The maximum absolute atomic E-state index is 11.0. The van der Waals surface area contributed by atoms with Crippen LogP contribution in [0.5, 0.6) is 11.8 Å². The summed E-state index contributed by atoms with van der Waals surface area (Å²) in [6, 6.07) is 7.29. The van der Waals surface area contributed by atoms with Gasteiger partial charge in [0.2, 0.25) is 11.8 Å². The Kier molecular flexibility index (Phi) is 4.29. The van der Waals surface area contributed by atoms with Crippen molar-refractivity contribution in [2.45, 2.75) is 6.10 Å². The van der Waals surface area contributed by atoms with Gasteiger partial charge in [-0.2, -0.15) is 9.97 Å². The molecule has 21 heavy (non-hydrogen) atoms. The second kappa shape index (κ2) is 6.14. The molecule has 0 saturated heterocycles. The molecule has 1 unspecified atom stereocenters. The number of para-hydroxylation sites is 1. The molecular weight excluding hydrogens is 278 g/mol. The minimum atomic E-state index is -1.37. The van der Waals surface area contributed by atoms with Crippen LogP contribution in [-0.2, 0) is 0 Å². The number of nitro groups is 1. The van der Waals surface area contributed by atoms with Crippen molar-refractivity contribution >= 4 is 5.69 Å². The summed E-state index contributed by atoms with van der Waals surface area (Å²) in [6.45, 7) is 0. The number of benzene rings is 1. The van der Waals surface area contributed by atoms with E-state index in [1.54, 1.807) is 6.07 Å². The molecule has 8 nitrogen and oxygen atoms in total. The first-order valence-electron chi connectivity index (χ1n) is 5.95. The molecule has 0 bridgehead atoms. The van der Waals surface area contributed by atoms with E-state index in [0.29, 0.717) is 0 Å². The first kappa shape index (κ1) is 14.7. The Bertz CT molecular complexity index is 640. The van der Waals surface area contributed by atoms with Crippen LogP contribution in [0, 0.1) is 10.1 Å². The fourth-order valence-electron chi connectivity index (χ4n) is 1.78. The smallest absolute Gasteiger partial charge is 0.275 e. The zero-order chi connectivity index (χ0) is 15.4. The summed E-state index contributed by atoms with van der Waals surface area (Å²) in [7, 11) is 2.81. The Morgan fingerprint density at radius 2 is 1.76 bits per heavy atom. The van der Waals surface area contributed by atoms with Crippen molar-refractivity contribution in [3.8, 4) is 11.8 Å². The summed E-state index contributed by atoms with van der Waals surface area (Å²) < 4.78 is 9.97. The molecule has 110 valence electrons. The summed E-state index contributed by atoms with van der Waals surface area (Å²) in [5.74, 6) is 0.337. The Labute approximate surface area is 120 Å². The number of ether oxygens (including phenoxy) is 2. The Morgan fingerprint density at radius 3 is 2.29 bits per heavy atom. The van der Waals surface area contributed by atoms with Crippen molar-refractivity contribution in [2.75, 3.05) is 14.2 Å². The van der Waals surface area contributed by atoms with Crippen LogP contribution in [0.3, 0.4) is 0 Å². The van der Waals surface area contributed by atoms with Gasteiger partial charge in [-0.05, 0) is 6.07 Å². The van der Waals surface area contributed by atoms with E-state index in [1.165, 1.54) is 38.5 Å². The molecule has 1 aromatic carbocycles. The Balaban J connectivity index is 2.49. The predicted octanol–water partition coefficient (Wildman–Crippen LogP) is 1.48. The highest BCUT2D eigenvalue weighted by Crippen LogP contribution is 2.29. The maximum Gasteiger partial charge on any atom is 0.275 e. The summed E-state index contributed by atoms with van der Waals surface area (Å²) in [5, 5.41) is 21.3. The normalized spacial score (nSPS) is 11.8. The Hall–Kier alpha value is -2.74.